The predicted octanol–water partition coefficient (Wildman–Crippen LogP) is 2.46. The van der Waals surface area contributed by atoms with Crippen LogP contribution in [0.4, 0.5) is 5.69 Å². The molecule has 0 aliphatic carbocycles. The summed E-state index contributed by atoms with van der Waals surface area (Å²) in [6.07, 6.45) is 1.24. The minimum absolute atomic E-state index is 0.0385. The second kappa shape index (κ2) is 7.40. The van der Waals surface area contributed by atoms with Gasteiger partial charge in [0.2, 0.25) is 6.79 Å². The molecule has 9 heteroatoms. The molecule has 2 aromatic rings. The van der Waals surface area contributed by atoms with Gasteiger partial charge in [0.25, 0.3) is 5.91 Å². The number of ether oxygens (including phenoxy) is 3. The van der Waals surface area contributed by atoms with Gasteiger partial charge in [0.05, 0.1) is 11.3 Å². The van der Waals surface area contributed by atoms with Gasteiger partial charge in [0.1, 0.15) is 5.15 Å². The Kier molecular flexibility index (Phi) is 5.04. The fourth-order valence-corrected chi connectivity index (χ4v) is 2.35. The highest BCUT2D eigenvalue weighted by Crippen LogP contribution is 2.37. The topological polar surface area (TPSA) is 104 Å². The molecule has 0 atom stereocenters. The summed E-state index contributed by atoms with van der Waals surface area (Å²) in [6.45, 7) is 0.866. The second-order valence-electron chi connectivity index (χ2n) is 5.30. The summed E-state index contributed by atoms with van der Waals surface area (Å²) in [5.41, 5.74) is 0.668. The van der Waals surface area contributed by atoms with E-state index in [1.165, 1.54) is 37.4 Å². The Labute approximate surface area is 153 Å². The molecular weight excluding hydrogens is 364 g/mol. The maximum absolute atomic E-state index is 12.1. The van der Waals surface area contributed by atoms with E-state index in [1.807, 2.05) is 0 Å². The van der Waals surface area contributed by atoms with Crippen LogP contribution in [-0.4, -0.2) is 36.0 Å². The molecule has 3 rings (SSSR count). The summed E-state index contributed by atoms with van der Waals surface area (Å²) in [5, 5.41) is 2.76. The minimum atomic E-state index is -0.721. The summed E-state index contributed by atoms with van der Waals surface area (Å²) in [6, 6.07) is 5.85. The highest BCUT2D eigenvalue weighted by atomic mass is 35.5. The first-order valence-electron chi connectivity index (χ1n) is 7.47. The number of ketones is 1. The van der Waals surface area contributed by atoms with Crippen LogP contribution in [0.5, 0.6) is 11.5 Å². The molecule has 1 N–H and O–H groups in total. The van der Waals surface area contributed by atoms with Crippen LogP contribution >= 0.6 is 11.6 Å². The molecule has 8 nitrogen and oxygen atoms in total. The largest absolute Gasteiger partial charge is 0.454 e. The number of anilines is 1. The van der Waals surface area contributed by atoms with Crippen molar-refractivity contribution in [2.45, 2.75) is 6.92 Å². The summed E-state index contributed by atoms with van der Waals surface area (Å²) in [5.74, 6) is -0.754. The number of pyridine rings is 1. The molecule has 2 heterocycles. The molecule has 0 unspecified atom stereocenters. The quantitative estimate of drug-likeness (QED) is 0.485. The molecule has 0 radical (unpaired) electrons. The number of rotatable bonds is 5. The summed E-state index contributed by atoms with van der Waals surface area (Å²) >= 11 is 5.64. The van der Waals surface area contributed by atoms with Crippen molar-refractivity contribution in [3.05, 3.63) is 46.7 Å². The third kappa shape index (κ3) is 3.92. The van der Waals surface area contributed by atoms with Crippen molar-refractivity contribution in [3.8, 4) is 11.5 Å². The Balaban J connectivity index is 1.65. The molecule has 1 aromatic heterocycles. The summed E-state index contributed by atoms with van der Waals surface area (Å²) in [7, 11) is 0. The first-order chi connectivity index (χ1) is 12.4. The molecule has 26 heavy (non-hydrogen) atoms. The molecule has 0 saturated heterocycles. The van der Waals surface area contributed by atoms with E-state index in [2.05, 4.69) is 10.3 Å². The lowest BCUT2D eigenvalue weighted by Crippen LogP contribution is -2.22. The number of carbonyl (C=O) groups excluding carboxylic acids is 3. The summed E-state index contributed by atoms with van der Waals surface area (Å²) in [4.78, 5) is 39.5. The van der Waals surface area contributed by atoms with Gasteiger partial charge in [-0.1, -0.05) is 11.6 Å². The molecule has 0 bridgehead atoms. The van der Waals surface area contributed by atoms with Crippen LogP contribution in [0.3, 0.4) is 0 Å². The van der Waals surface area contributed by atoms with E-state index < -0.39 is 18.5 Å². The van der Waals surface area contributed by atoms with Gasteiger partial charge < -0.3 is 19.5 Å². The number of esters is 1. The van der Waals surface area contributed by atoms with Gasteiger partial charge in [-0.05, 0) is 25.1 Å². The number of nitrogens with zero attached hydrogens (tertiary/aromatic N) is 1. The van der Waals surface area contributed by atoms with Crippen molar-refractivity contribution < 1.29 is 28.6 Å². The number of nitrogens with one attached hydrogen (secondary N) is 1. The average molecular weight is 377 g/mol. The zero-order valence-electron chi connectivity index (χ0n) is 13.6. The Morgan fingerprint density at radius 3 is 2.62 bits per heavy atom. The molecule has 0 spiro atoms. The van der Waals surface area contributed by atoms with Gasteiger partial charge in [-0.25, -0.2) is 9.78 Å². The van der Waals surface area contributed by atoms with E-state index >= 15 is 0 Å². The second-order valence-corrected chi connectivity index (χ2v) is 5.69. The smallest absolute Gasteiger partial charge is 0.340 e. The van der Waals surface area contributed by atoms with Crippen LogP contribution in [-0.2, 0) is 9.53 Å². The SMILES string of the molecule is CC(=O)c1cc2c(cc1NC(=O)COC(=O)c1ccc(Cl)nc1)OCO2. The Hall–Kier alpha value is -3.13. The minimum Gasteiger partial charge on any atom is -0.454 e. The van der Waals surface area contributed by atoms with Crippen molar-refractivity contribution in [1.29, 1.82) is 0 Å². The number of fused-ring (bicyclic) bond motifs is 1. The van der Waals surface area contributed by atoms with E-state index in [1.54, 1.807) is 0 Å². The molecule has 1 aromatic carbocycles. The van der Waals surface area contributed by atoms with E-state index in [0.29, 0.717) is 11.5 Å². The van der Waals surface area contributed by atoms with Crippen molar-refractivity contribution >= 4 is 34.9 Å². The highest BCUT2D eigenvalue weighted by molar-refractivity contribution is 6.29. The van der Waals surface area contributed by atoms with Crippen molar-refractivity contribution in [2.75, 3.05) is 18.7 Å². The Morgan fingerprint density at radius 2 is 1.96 bits per heavy atom. The summed E-state index contributed by atoms with van der Waals surface area (Å²) < 4.78 is 15.4. The molecule has 134 valence electrons. The number of hydrogen-bond donors (Lipinski definition) is 1. The zero-order valence-corrected chi connectivity index (χ0v) is 14.3. The van der Waals surface area contributed by atoms with Crippen LogP contribution in [0, 0.1) is 0 Å². The molecule has 0 fully saturated rings. The average Bonchev–Trinajstić information content (AvgIpc) is 3.06. The number of Topliss-reactive ketones (excluding diaryl/α,β-unsaturated/α-hetero) is 1. The van der Waals surface area contributed by atoms with E-state index in [9.17, 15) is 14.4 Å². The fourth-order valence-electron chi connectivity index (χ4n) is 2.23. The van der Waals surface area contributed by atoms with Gasteiger partial charge >= 0.3 is 5.97 Å². The molecule has 1 aliphatic heterocycles. The maximum atomic E-state index is 12.1. The third-order valence-electron chi connectivity index (χ3n) is 3.46. The van der Waals surface area contributed by atoms with Crippen LogP contribution in [0.15, 0.2) is 30.5 Å². The number of halogens is 1. The van der Waals surface area contributed by atoms with Crippen LogP contribution < -0.4 is 14.8 Å². The monoisotopic (exact) mass is 376 g/mol. The van der Waals surface area contributed by atoms with Crippen LogP contribution in [0.2, 0.25) is 5.15 Å². The van der Waals surface area contributed by atoms with Crippen molar-refractivity contribution in [1.82, 2.24) is 4.98 Å². The highest BCUT2D eigenvalue weighted by Gasteiger charge is 2.21. The lowest BCUT2D eigenvalue weighted by Gasteiger charge is -2.11. The fraction of sp³-hybridized carbons (Fsp3) is 0.176. The first-order valence-corrected chi connectivity index (χ1v) is 7.85. The number of aromatic nitrogens is 1. The Bertz CT molecular complexity index is 882. The molecular formula is C17H13ClN2O6. The standard InChI is InChI=1S/C17H13ClN2O6/c1-9(21)11-4-13-14(26-8-25-13)5-12(11)20-16(22)7-24-17(23)10-2-3-15(18)19-6-10/h2-6H,7-8H2,1H3,(H,20,22). The molecule has 0 saturated carbocycles. The van der Waals surface area contributed by atoms with Crippen LogP contribution in [0.25, 0.3) is 0 Å². The third-order valence-corrected chi connectivity index (χ3v) is 3.69. The van der Waals surface area contributed by atoms with Crippen LogP contribution in [0.1, 0.15) is 27.6 Å². The number of carbonyl (C=O) groups is 3. The van der Waals surface area contributed by atoms with E-state index in [-0.39, 0.29) is 34.5 Å². The lowest BCUT2D eigenvalue weighted by molar-refractivity contribution is -0.119. The van der Waals surface area contributed by atoms with Gasteiger partial charge in [0, 0.05) is 17.8 Å². The van der Waals surface area contributed by atoms with Gasteiger partial charge in [0.15, 0.2) is 23.9 Å². The normalized spacial score (nSPS) is 11.8. The maximum Gasteiger partial charge on any atom is 0.340 e. The van der Waals surface area contributed by atoms with Gasteiger partial charge in [-0.2, -0.15) is 0 Å². The van der Waals surface area contributed by atoms with Crippen molar-refractivity contribution in [3.63, 3.8) is 0 Å². The number of hydrogen-bond acceptors (Lipinski definition) is 7. The molecule has 1 amide bonds. The van der Waals surface area contributed by atoms with E-state index in [4.69, 9.17) is 25.8 Å². The Morgan fingerprint density at radius 1 is 1.23 bits per heavy atom. The first kappa shape index (κ1) is 17.7. The molecule has 1 aliphatic rings. The zero-order chi connectivity index (χ0) is 18.7. The number of benzene rings is 1. The van der Waals surface area contributed by atoms with E-state index in [0.717, 1.165) is 0 Å². The van der Waals surface area contributed by atoms with Crippen molar-refractivity contribution in [2.24, 2.45) is 0 Å². The number of amides is 1. The lowest BCUT2D eigenvalue weighted by atomic mass is 10.1. The van der Waals surface area contributed by atoms with Gasteiger partial charge in [-0.3, -0.25) is 9.59 Å². The van der Waals surface area contributed by atoms with Gasteiger partial charge in [-0.15, -0.1) is 0 Å². The predicted molar refractivity (Wildman–Crippen MR) is 90.7 cm³/mol.